The standard InChI is InChI=1S/C6H3N3O7.C5H5NO/c10-6-4(8(13)14)1-3(7(11)12)2-5(6)9(15)16;7-5-2-1-3-6-4-5/h1-2,10H;1-4,7H. The van der Waals surface area contributed by atoms with E-state index in [1.54, 1.807) is 18.3 Å². The lowest BCUT2D eigenvalue weighted by Crippen LogP contribution is -1.97. The van der Waals surface area contributed by atoms with Crippen molar-refractivity contribution in [2.45, 2.75) is 0 Å². The van der Waals surface area contributed by atoms with Gasteiger partial charge in [-0.25, -0.2) is 0 Å². The second kappa shape index (κ2) is 7.26. The average molecular weight is 324 g/mol. The minimum atomic E-state index is -1.21. The molecule has 0 saturated heterocycles. The van der Waals surface area contributed by atoms with Crippen LogP contribution in [0.1, 0.15) is 0 Å². The van der Waals surface area contributed by atoms with Gasteiger partial charge in [-0.2, -0.15) is 0 Å². The summed E-state index contributed by atoms with van der Waals surface area (Å²) in [5, 5.41) is 48.8. The Bertz CT molecular complexity index is 714. The molecule has 12 heteroatoms. The van der Waals surface area contributed by atoms with Crippen LogP contribution in [0.4, 0.5) is 17.1 Å². The fraction of sp³-hybridized carbons (Fsp3) is 0. The number of nitrogens with zero attached hydrogens (tertiary/aromatic N) is 4. The summed E-state index contributed by atoms with van der Waals surface area (Å²) < 4.78 is 0. The monoisotopic (exact) mass is 324 g/mol. The number of hydrogen-bond acceptors (Lipinski definition) is 9. The zero-order chi connectivity index (χ0) is 17.6. The van der Waals surface area contributed by atoms with E-state index in [-0.39, 0.29) is 5.75 Å². The molecule has 1 heterocycles. The summed E-state index contributed by atoms with van der Waals surface area (Å²) in [6, 6.07) is 4.15. The molecule has 2 aromatic rings. The number of phenols is 1. The maximum absolute atomic E-state index is 10.4. The lowest BCUT2D eigenvalue weighted by Gasteiger charge is -1.97. The molecule has 23 heavy (non-hydrogen) atoms. The molecule has 0 spiro atoms. The molecule has 0 aliphatic rings. The molecule has 0 amide bonds. The first-order chi connectivity index (χ1) is 10.7. The number of nitro benzene ring substituents is 3. The quantitative estimate of drug-likeness (QED) is 0.628. The van der Waals surface area contributed by atoms with Crippen LogP contribution in [0.3, 0.4) is 0 Å². The second-order valence-electron chi connectivity index (χ2n) is 3.82. The van der Waals surface area contributed by atoms with Gasteiger partial charge in [-0.1, -0.05) is 0 Å². The van der Waals surface area contributed by atoms with Crippen LogP contribution in [0.25, 0.3) is 0 Å². The van der Waals surface area contributed by atoms with Crippen molar-refractivity contribution in [2.75, 3.05) is 0 Å². The molecule has 1 aromatic carbocycles. The van der Waals surface area contributed by atoms with Crippen LogP contribution < -0.4 is 0 Å². The number of benzene rings is 1. The van der Waals surface area contributed by atoms with Crippen molar-refractivity contribution in [3.05, 3.63) is 67.0 Å². The molecular formula is C11H8N4O8. The smallest absolute Gasteiger partial charge is 0.324 e. The Hall–Kier alpha value is -3.83. The van der Waals surface area contributed by atoms with E-state index in [4.69, 9.17) is 10.2 Å². The van der Waals surface area contributed by atoms with E-state index < -0.39 is 37.6 Å². The van der Waals surface area contributed by atoms with Gasteiger partial charge in [-0.3, -0.25) is 35.3 Å². The molecular weight excluding hydrogens is 316 g/mol. The van der Waals surface area contributed by atoms with E-state index in [2.05, 4.69) is 4.98 Å². The number of hydrogen-bond donors (Lipinski definition) is 2. The Morgan fingerprint density at radius 1 is 0.913 bits per heavy atom. The molecule has 2 N–H and O–H groups in total. The van der Waals surface area contributed by atoms with Crippen LogP contribution in [-0.2, 0) is 0 Å². The van der Waals surface area contributed by atoms with Gasteiger partial charge >= 0.3 is 11.4 Å². The third kappa shape index (κ3) is 4.59. The highest BCUT2D eigenvalue weighted by atomic mass is 16.6. The van der Waals surface area contributed by atoms with Gasteiger partial charge in [-0.05, 0) is 12.1 Å². The molecule has 0 aliphatic heterocycles. The van der Waals surface area contributed by atoms with E-state index in [0.717, 1.165) is 0 Å². The number of phenolic OH excluding ortho intramolecular Hbond substituents is 1. The van der Waals surface area contributed by atoms with E-state index in [1.165, 1.54) is 6.20 Å². The number of aromatic nitrogens is 1. The van der Waals surface area contributed by atoms with Gasteiger partial charge in [0.25, 0.3) is 11.4 Å². The van der Waals surface area contributed by atoms with Crippen LogP contribution in [-0.4, -0.2) is 30.0 Å². The lowest BCUT2D eigenvalue weighted by atomic mass is 10.2. The summed E-state index contributed by atoms with van der Waals surface area (Å²) >= 11 is 0. The maximum Gasteiger partial charge on any atom is 0.324 e. The van der Waals surface area contributed by atoms with Gasteiger partial charge < -0.3 is 10.2 Å². The Kier molecular flexibility index (Phi) is 5.43. The summed E-state index contributed by atoms with van der Waals surface area (Å²) in [5.41, 5.74) is -3.00. The molecule has 2 rings (SSSR count). The summed E-state index contributed by atoms with van der Waals surface area (Å²) in [5.74, 6) is -0.997. The van der Waals surface area contributed by atoms with Crippen molar-refractivity contribution >= 4 is 17.1 Å². The van der Waals surface area contributed by atoms with Crippen molar-refractivity contribution in [1.29, 1.82) is 0 Å². The van der Waals surface area contributed by atoms with Crippen LogP contribution in [0.5, 0.6) is 11.5 Å². The zero-order valence-corrected chi connectivity index (χ0v) is 11.1. The van der Waals surface area contributed by atoms with Gasteiger partial charge in [0.2, 0.25) is 0 Å². The Morgan fingerprint density at radius 3 is 1.70 bits per heavy atom. The summed E-state index contributed by atoms with van der Waals surface area (Å²) in [6.45, 7) is 0. The van der Waals surface area contributed by atoms with Crippen LogP contribution in [0.15, 0.2) is 36.7 Å². The summed E-state index contributed by atoms with van der Waals surface area (Å²) in [7, 11) is 0. The van der Waals surface area contributed by atoms with Gasteiger partial charge in [-0.15, -0.1) is 0 Å². The highest BCUT2D eigenvalue weighted by molar-refractivity contribution is 5.64. The van der Waals surface area contributed by atoms with Gasteiger partial charge in [0.1, 0.15) is 5.75 Å². The van der Waals surface area contributed by atoms with Gasteiger partial charge in [0.05, 0.1) is 33.1 Å². The molecule has 0 fully saturated rings. The predicted molar refractivity (Wildman–Crippen MR) is 74.0 cm³/mol. The number of non-ortho nitro benzene ring substituents is 1. The van der Waals surface area contributed by atoms with E-state index >= 15 is 0 Å². The van der Waals surface area contributed by atoms with Crippen molar-refractivity contribution in [2.24, 2.45) is 0 Å². The lowest BCUT2D eigenvalue weighted by molar-refractivity contribution is -0.404. The molecule has 0 atom stereocenters. The highest BCUT2D eigenvalue weighted by Gasteiger charge is 2.30. The third-order valence-electron chi connectivity index (χ3n) is 2.30. The number of rotatable bonds is 3. The van der Waals surface area contributed by atoms with Gasteiger partial charge in [0, 0.05) is 6.20 Å². The van der Waals surface area contributed by atoms with Crippen LogP contribution in [0.2, 0.25) is 0 Å². The van der Waals surface area contributed by atoms with Crippen molar-refractivity contribution in [3.63, 3.8) is 0 Å². The van der Waals surface area contributed by atoms with E-state index in [1.807, 2.05) is 0 Å². The van der Waals surface area contributed by atoms with Crippen molar-refractivity contribution in [3.8, 4) is 11.5 Å². The Balaban J connectivity index is 0.000000313. The zero-order valence-electron chi connectivity index (χ0n) is 11.1. The van der Waals surface area contributed by atoms with Crippen LogP contribution >= 0.6 is 0 Å². The SMILES string of the molecule is O=[N+]([O-])c1cc([N+](=O)[O-])c(O)c([N+](=O)[O-])c1.Oc1cccnc1. The first kappa shape index (κ1) is 17.2. The normalized spacial score (nSPS) is 9.39. The molecule has 120 valence electrons. The summed E-state index contributed by atoms with van der Waals surface area (Å²) in [4.78, 5) is 31.4. The molecule has 0 radical (unpaired) electrons. The summed E-state index contributed by atoms with van der Waals surface area (Å²) in [6.07, 6.45) is 3.00. The maximum atomic E-state index is 10.4. The first-order valence-corrected chi connectivity index (χ1v) is 5.63. The third-order valence-corrected chi connectivity index (χ3v) is 2.30. The van der Waals surface area contributed by atoms with E-state index in [9.17, 15) is 30.3 Å². The molecule has 0 unspecified atom stereocenters. The minimum absolute atomic E-state index is 0.211. The Labute approximate surface area is 126 Å². The van der Waals surface area contributed by atoms with Gasteiger partial charge in [0.15, 0.2) is 0 Å². The van der Waals surface area contributed by atoms with Crippen molar-refractivity contribution < 1.29 is 25.0 Å². The highest BCUT2D eigenvalue weighted by Crippen LogP contribution is 2.38. The number of pyridine rings is 1. The molecule has 0 saturated carbocycles. The number of aromatic hydroxyl groups is 2. The Morgan fingerprint density at radius 2 is 1.43 bits per heavy atom. The molecule has 0 bridgehead atoms. The molecule has 0 aliphatic carbocycles. The van der Waals surface area contributed by atoms with E-state index in [0.29, 0.717) is 12.1 Å². The second-order valence-corrected chi connectivity index (χ2v) is 3.82. The fourth-order valence-electron chi connectivity index (χ4n) is 1.33. The predicted octanol–water partition coefficient (Wildman–Crippen LogP) is 1.90. The van der Waals surface area contributed by atoms with Crippen molar-refractivity contribution in [1.82, 2.24) is 4.98 Å². The molecule has 12 nitrogen and oxygen atoms in total. The average Bonchev–Trinajstić information content (AvgIpc) is 2.48. The number of nitro groups is 3. The minimum Gasteiger partial charge on any atom is -0.506 e. The fourth-order valence-corrected chi connectivity index (χ4v) is 1.33. The largest absolute Gasteiger partial charge is 0.506 e. The molecule has 1 aromatic heterocycles. The van der Waals surface area contributed by atoms with Crippen LogP contribution in [0, 0.1) is 30.3 Å². The first-order valence-electron chi connectivity index (χ1n) is 5.63. The topological polar surface area (TPSA) is 183 Å².